The summed E-state index contributed by atoms with van der Waals surface area (Å²) in [5.41, 5.74) is -0.913. The molecule has 3 aromatic rings. The van der Waals surface area contributed by atoms with Gasteiger partial charge in [-0.05, 0) is 22.6 Å². The Morgan fingerprint density at radius 1 is 1.14 bits per heavy atom. The van der Waals surface area contributed by atoms with Gasteiger partial charge in [-0.3, -0.25) is 4.79 Å². The van der Waals surface area contributed by atoms with E-state index in [1.165, 1.54) is 7.11 Å². The van der Waals surface area contributed by atoms with Gasteiger partial charge in [0, 0.05) is 10.5 Å². The van der Waals surface area contributed by atoms with E-state index in [0.717, 1.165) is 13.2 Å². The summed E-state index contributed by atoms with van der Waals surface area (Å²) in [4.78, 5) is 25.3. The largest absolute Gasteiger partial charge is 0.496 e. The SMILES string of the molecule is COc1cc(OC)c2c(-c3ccc(Br)cc3)c([N+](=O)[O-])[nH]c2c1C(=O)C(F)(F)F. The number of carbonyl (C=O) groups excluding carboxylic acids is 1. The van der Waals surface area contributed by atoms with Crippen molar-refractivity contribution in [2.24, 2.45) is 0 Å². The van der Waals surface area contributed by atoms with Crippen LogP contribution >= 0.6 is 15.9 Å². The van der Waals surface area contributed by atoms with Gasteiger partial charge in [-0.2, -0.15) is 13.2 Å². The highest BCUT2D eigenvalue weighted by molar-refractivity contribution is 9.10. The molecule has 2 aromatic carbocycles. The molecule has 152 valence electrons. The summed E-state index contributed by atoms with van der Waals surface area (Å²) >= 11 is 3.25. The number of nitrogens with one attached hydrogen (secondary N) is 1. The zero-order chi connectivity index (χ0) is 21.5. The molecule has 0 fully saturated rings. The number of rotatable bonds is 5. The fourth-order valence-electron chi connectivity index (χ4n) is 3.03. The van der Waals surface area contributed by atoms with Crippen molar-refractivity contribution in [2.75, 3.05) is 14.2 Å². The first-order valence-electron chi connectivity index (χ1n) is 7.92. The van der Waals surface area contributed by atoms with Crippen LogP contribution in [0.4, 0.5) is 19.0 Å². The molecular formula is C18H12BrF3N2O5. The molecule has 11 heteroatoms. The van der Waals surface area contributed by atoms with E-state index in [0.29, 0.717) is 10.0 Å². The lowest BCUT2D eigenvalue weighted by atomic mass is 9.99. The maximum absolute atomic E-state index is 13.2. The predicted molar refractivity (Wildman–Crippen MR) is 102 cm³/mol. The lowest BCUT2D eigenvalue weighted by Crippen LogP contribution is -2.23. The Hall–Kier alpha value is -3.08. The molecule has 0 aliphatic heterocycles. The van der Waals surface area contributed by atoms with Gasteiger partial charge in [0.25, 0.3) is 5.78 Å². The predicted octanol–water partition coefficient (Wildman–Crippen LogP) is 5.27. The van der Waals surface area contributed by atoms with Crippen LogP contribution in [0.3, 0.4) is 0 Å². The Morgan fingerprint density at radius 3 is 2.21 bits per heavy atom. The molecule has 3 rings (SSSR count). The number of alkyl halides is 3. The summed E-state index contributed by atoms with van der Waals surface area (Å²) in [7, 11) is 2.34. The number of hydrogen-bond donors (Lipinski definition) is 1. The average Bonchev–Trinajstić information content (AvgIpc) is 3.06. The molecular weight excluding hydrogens is 461 g/mol. The minimum atomic E-state index is -5.22. The van der Waals surface area contributed by atoms with Gasteiger partial charge in [-0.25, -0.2) is 4.98 Å². The number of aromatic amines is 1. The lowest BCUT2D eigenvalue weighted by Gasteiger charge is -2.13. The molecule has 29 heavy (non-hydrogen) atoms. The number of nitro groups is 1. The first-order chi connectivity index (χ1) is 13.6. The molecule has 1 aromatic heterocycles. The zero-order valence-electron chi connectivity index (χ0n) is 14.9. The van der Waals surface area contributed by atoms with Gasteiger partial charge < -0.3 is 19.6 Å². The number of ketones is 1. The molecule has 0 amide bonds. The first kappa shape index (κ1) is 20.6. The van der Waals surface area contributed by atoms with Crippen molar-refractivity contribution in [1.82, 2.24) is 4.98 Å². The van der Waals surface area contributed by atoms with Gasteiger partial charge in [0.15, 0.2) is 5.52 Å². The van der Waals surface area contributed by atoms with Crippen molar-refractivity contribution in [3.8, 4) is 22.6 Å². The molecule has 0 aliphatic rings. The molecule has 0 bridgehead atoms. The molecule has 0 unspecified atom stereocenters. The first-order valence-corrected chi connectivity index (χ1v) is 8.72. The van der Waals surface area contributed by atoms with Crippen LogP contribution in [0.5, 0.6) is 11.5 Å². The number of ether oxygens (including phenoxy) is 2. The number of fused-ring (bicyclic) bond motifs is 1. The summed E-state index contributed by atoms with van der Waals surface area (Å²) in [6, 6.07) is 7.44. The second kappa shape index (κ2) is 7.39. The number of H-pyrrole nitrogens is 1. The third-order valence-electron chi connectivity index (χ3n) is 4.23. The smallest absolute Gasteiger partial charge is 0.455 e. The molecule has 0 saturated carbocycles. The van der Waals surface area contributed by atoms with Crippen molar-refractivity contribution in [3.63, 3.8) is 0 Å². The Kier molecular flexibility index (Phi) is 5.26. The van der Waals surface area contributed by atoms with Crippen LogP contribution < -0.4 is 9.47 Å². The molecule has 1 N–H and O–H groups in total. The number of carbonyl (C=O) groups is 1. The number of benzene rings is 2. The monoisotopic (exact) mass is 472 g/mol. The van der Waals surface area contributed by atoms with Crippen molar-refractivity contribution >= 4 is 38.4 Å². The van der Waals surface area contributed by atoms with Crippen LogP contribution in [0.2, 0.25) is 0 Å². The molecule has 0 saturated heterocycles. The molecule has 0 aliphatic carbocycles. The number of aromatic nitrogens is 1. The van der Waals surface area contributed by atoms with Crippen LogP contribution in [0.15, 0.2) is 34.8 Å². The highest BCUT2D eigenvalue weighted by Crippen LogP contribution is 2.47. The standard InChI is InChI=1S/C18H12BrF3N2O5/c1-28-10-7-11(29-2)14(16(25)18(20,21)22)15-13(10)12(17(23-15)24(26)27)8-3-5-9(19)6-4-8/h3-7,23H,1-2H3. The van der Waals surface area contributed by atoms with Gasteiger partial charge >= 0.3 is 12.0 Å². The summed E-state index contributed by atoms with van der Waals surface area (Å²) < 4.78 is 50.5. The minimum absolute atomic E-state index is 0.00627. The van der Waals surface area contributed by atoms with Gasteiger partial charge in [-0.1, -0.05) is 28.1 Å². The normalized spacial score (nSPS) is 11.5. The van der Waals surface area contributed by atoms with E-state index in [4.69, 9.17) is 9.47 Å². The fraction of sp³-hybridized carbons (Fsp3) is 0.167. The van der Waals surface area contributed by atoms with Crippen molar-refractivity contribution < 1.29 is 32.4 Å². The van der Waals surface area contributed by atoms with Crippen LogP contribution in [-0.2, 0) is 0 Å². The fourth-order valence-corrected chi connectivity index (χ4v) is 3.30. The minimum Gasteiger partial charge on any atom is -0.496 e. The van der Waals surface area contributed by atoms with Crippen molar-refractivity contribution in [3.05, 3.63) is 50.5 Å². The lowest BCUT2D eigenvalue weighted by molar-refractivity contribution is -0.388. The Labute approximate surface area is 169 Å². The third-order valence-corrected chi connectivity index (χ3v) is 4.75. The van der Waals surface area contributed by atoms with Gasteiger partial charge in [-0.15, -0.1) is 0 Å². The van der Waals surface area contributed by atoms with Crippen molar-refractivity contribution in [1.29, 1.82) is 0 Å². The van der Waals surface area contributed by atoms with Crippen LogP contribution in [0.25, 0.3) is 22.0 Å². The topological polar surface area (TPSA) is 94.5 Å². The van der Waals surface area contributed by atoms with Gasteiger partial charge in [0.2, 0.25) is 0 Å². The summed E-state index contributed by atoms with van der Waals surface area (Å²) in [6.45, 7) is 0. The number of halogens is 4. The Morgan fingerprint density at radius 2 is 1.72 bits per heavy atom. The number of nitrogens with zero attached hydrogens (tertiary/aromatic N) is 1. The van der Waals surface area contributed by atoms with E-state index in [-0.39, 0.29) is 16.7 Å². The second-order valence-corrected chi connectivity index (χ2v) is 6.76. The summed E-state index contributed by atoms with van der Waals surface area (Å²) in [5, 5.41) is 11.6. The van der Waals surface area contributed by atoms with E-state index in [1.54, 1.807) is 24.3 Å². The molecule has 1 heterocycles. The Bertz CT molecular complexity index is 1120. The van der Waals surface area contributed by atoms with Crippen LogP contribution in [0.1, 0.15) is 10.4 Å². The quantitative estimate of drug-likeness (QED) is 0.310. The van der Waals surface area contributed by atoms with Crippen LogP contribution in [0, 0.1) is 10.1 Å². The maximum atomic E-state index is 13.2. The zero-order valence-corrected chi connectivity index (χ0v) is 16.5. The molecule has 0 spiro atoms. The van der Waals surface area contributed by atoms with E-state index >= 15 is 0 Å². The number of methoxy groups -OCH3 is 2. The van der Waals surface area contributed by atoms with E-state index in [2.05, 4.69) is 20.9 Å². The molecule has 0 radical (unpaired) electrons. The summed E-state index contributed by atoms with van der Waals surface area (Å²) in [5.74, 6) is -3.18. The highest BCUT2D eigenvalue weighted by Gasteiger charge is 2.44. The Balaban J connectivity index is 2.52. The molecule has 0 atom stereocenters. The molecule has 7 nitrogen and oxygen atoms in total. The second-order valence-electron chi connectivity index (χ2n) is 5.85. The summed E-state index contributed by atoms with van der Waals surface area (Å²) in [6.07, 6.45) is -5.22. The van der Waals surface area contributed by atoms with Gasteiger partial charge in [0.1, 0.15) is 17.1 Å². The average molecular weight is 473 g/mol. The number of hydrogen-bond acceptors (Lipinski definition) is 5. The van der Waals surface area contributed by atoms with E-state index in [9.17, 15) is 28.1 Å². The number of Topliss-reactive ketones (excluding diaryl/α,β-unsaturated/α-hetero) is 1. The van der Waals surface area contributed by atoms with E-state index in [1.807, 2.05) is 0 Å². The van der Waals surface area contributed by atoms with Crippen molar-refractivity contribution in [2.45, 2.75) is 6.18 Å². The van der Waals surface area contributed by atoms with E-state index < -0.39 is 39.5 Å². The van der Waals surface area contributed by atoms with Crippen LogP contribution in [-0.4, -0.2) is 36.1 Å². The highest BCUT2D eigenvalue weighted by atomic mass is 79.9. The third kappa shape index (κ3) is 3.53. The maximum Gasteiger partial charge on any atom is 0.455 e. The van der Waals surface area contributed by atoms with Gasteiger partial charge in [0.05, 0.1) is 25.2 Å².